The van der Waals surface area contributed by atoms with Crippen molar-refractivity contribution >= 4 is 34.2 Å². The Bertz CT molecular complexity index is 1490. The van der Waals surface area contributed by atoms with E-state index in [0.29, 0.717) is 5.56 Å². The van der Waals surface area contributed by atoms with Crippen molar-refractivity contribution in [3.63, 3.8) is 0 Å². The van der Waals surface area contributed by atoms with Gasteiger partial charge in [-0.3, -0.25) is 9.62 Å². The number of amides is 3. The fourth-order valence-corrected chi connectivity index (χ4v) is 4.99. The monoisotopic (exact) mass is 593 g/mol. The van der Waals surface area contributed by atoms with E-state index in [4.69, 9.17) is 14.2 Å². The SMILES string of the molecule is CNS(=O)(=O)Nc1cccc(CN2C(=O)Oc3cc(OC(=O)N(C)C)ccc3C23CN(C(=O)OC(C)(C)C)C3)c1F. The molecule has 0 atom stereocenters. The highest BCUT2D eigenvalue weighted by atomic mass is 32.2. The predicted molar refractivity (Wildman–Crippen MR) is 145 cm³/mol. The Morgan fingerprint density at radius 2 is 1.85 bits per heavy atom. The van der Waals surface area contributed by atoms with E-state index >= 15 is 4.39 Å². The van der Waals surface area contributed by atoms with Crippen LogP contribution in [0, 0.1) is 5.82 Å². The molecule has 2 heterocycles. The summed E-state index contributed by atoms with van der Waals surface area (Å²) in [6.07, 6.45) is -2.06. The average Bonchev–Trinajstić information content (AvgIpc) is 2.84. The normalized spacial score (nSPS) is 15.9. The van der Waals surface area contributed by atoms with Crippen LogP contribution in [0.1, 0.15) is 31.9 Å². The second-order valence-electron chi connectivity index (χ2n) is 10.8. The first-order chi connectivity index (χ1) is 19.0. The summed E-state index contributed by atoms with van der Waals surface area (Å²) in [6, 6.07) is 8.66. The molecule has 1 fully saturated rings. The first-order valence-electron chi connectivity index (χ1n) is 12.5. The molecule has 1 saturated heterocycles. The molecule has 2 aromatic rings. The minimum Gasteiger partial charge on any atom is -0.444 e. The number of nitrogens with one attached hydrogen (secondary N) is 2. The molecule has 0 bridgehead atoms. The molecule has 2 aliphatic rings. The summed E-state index contributed by atoms with van der Waals surface area (Å²) < 4.78 is 59.8. The molecule has 0 aromatic heterocycles. The maximum Gasteiger partial charge on any atom is 0.416 e. The van der Waals surface area contributed by atoms with Crippen LogP contribution in [0.5, 0.6) is 11.5 Å². The van der Waals surface area contributed by atoms with Crippen molar-refractivity contribution in [2.75, 3.05) is 39.0 Å². The highest BCUT2D eigenvalue weighted by Crippen LogP contribution is 2.48. The quantitative estimate of drug-likeness (QED) is 0.519. The van der Waals surface area contributed by atoms with Crippen LogP contribution in [-0.2, 0) is 27.0 Å². The number of carbonyl (C=O) groups excluding carboxylic acids is 3. The van der Waals surface area contributed by atoms with Gasteiger partial charge in [0.15, 0.2) is 5.82 Å². The van der Waals surface area contributed by atoms with Gasteiger partial charge in [0.25, 0.3) is 10.2 Å². The number of nitrogens with zero attached hydrogens (tertiary/aromatic N) is 3. The minimum absolute atomic E-state index is 0.00771. The first-order valence-corrected chi connectivity index (χ1v) is 14.0. The summed E-state index contributed by atoms with van der Waals surface area (Å²) in [5.74, 6) is -0.623. The van der Waals surface area contributed by atoms with Crippen LogP contribution in [0.4, 0.5) is 24.5 Å². The second-order valence-corrected chi connectivity index (χ2v) is 12.5. The lowest BCUT2D eigenvalue weighted by atomic mass is 9.79. The second kappa shape index (κ2) is 10.7. The van der Waals surface area contributed by atoms with Gasteiger partial charge in [0.05, 0.1) is 25.3 Å². The van der Waals surface area contributed by atoms with E-state index < -0.39 is 45.4 Å². The molecule has 0 aliphatic carbocycles. The van der Waals surface area contributed by atoms with Gasteiger partial charge in [-0.25, -0.2) is 23.5 Å². The third-order valence-electron chi connectivity index (χ3n) is 6.44. The Balaban J connectivity index is 1.71. The number of anilines is 1. The van der Waals surface area contributed by atoms with Crippen LogP contribution >= 0.6 is 0 Å². The first kappa shape index (κ1) is 29.9. The maximum atomic E-state index is 15.5. The molecular formula is C26H32FN5O8S. The largest absolute Gasteiger partial charge is 0.444 e. The molecule has 0 radical (unpaired) electrons. The molecule has 2 aromatic carbocycles. The average molecular weight is 594 g/mol. The van der Waals surface area contributed by atoms with Gasteiger partial charge in [-0.05, 0) is 39.0 Å². The number of halogens is 1. The van der Waals surface area contributed by atoms with E-state index in [9.17, 15) is 22.8 Å². The Morgan fingerprint density at radius 1 is 1.17 bits per heavy atom. The van der Waals surface area contributed by atoms with Crippen LogP contribution in [0.15, 0.2) is 36.4 Å². The zero-order chi connectivity index (χ0) is 30.3. The summed E-state index contributed by atoms with van der Waals surface area (Å²) in [4.78, 5) is 42.2. The Labute approximate surface area is 237 Å². The number of rotatable bonds is 6. The summed E-state index contributed by atoms with van der Waals surface area (Å²) in [6.45, 7) is 4.90. The summed E-state index contributed by atoms with van der Waals surface area (Å²) in [5, 5.41) is 0. The number of fused-ring (bicyclic) bond motifs is 2. The van der Waals surface area contributed by atoms with Crippen molar-refractivity contribution in [3.8, 4) is 11.5 Å². The van der Waals surface area contributed by atoms with Gasteiger partial charge in [-0.15, -0.1) is 0 Å². The molecule has 13 nitrogen and oxygen atoms in total. The lowest BCUT2D eigenvalue weighted by Gasteiger charge is -2.56. The van der Waals surface area contributed by atoms with Crippen LogP contribution in [0.25, 0.3) is 0 Å². The van der Waals surface area contributed by atoms with E-state index in [-0.39, 0.29) is 42.4 Å². The molecule has 15 heteroatoms. The van der Waals surface area contributed by atoms with E-state index in [1.807, 2.05) is 4.72 Å². The molecular weight excluding hydrogens is 561 g/mol. The molecule has 0 saturated carbocycles. The maximum absolute atomic E-state index is 15.5. The third-order valence-corrected chi connectivity index (χ3v) is 7.46. The van der Waals surface area contributed by atoms with E-state index in [2.05, 4.69) is 4.72 Å². The van der Waals surface area contributed by atoms with Crippen molar-refractivity contribution < 1.29 is 41.4 Å². The fourth-order valence-electron chi connectivity index (χ4n) is 4.44. The smallest absolute Gasteiger partial charge is 0.416 e. The van der Waals surface area contributed by atoms with Gasteiger partial charge in [-0.2, -0.15) is 8.42 Å². The summed E-state index contributed by atoms with van der Waals surface area (Å²) in [5.41, 5.74) is -1.69. The lowest BCUT2D eigenvalue weighted by molar-refractivity contribution is -0.0688. The fraction of sp³-hybridized carbons (Fsp3) is 0.423. The summed E-state index contributed by atoms with van der Waals surface area (Å²) in [7, 11) is 0.209. The van der Waals surface area contributed by atoms with E-state index in [1.165, 1.54) is 66.2 Å². The molecule has 222 valence electrons. The number of likely N-dealkylation sites (tertiary alicyclic amines) is 1. The zero-order valence-electron chi connectivity index (χ0n) is 23.5. The Hall–Kier alpha value is -4.11. The van der Waals surface area contributed by atoms with Gasteiger partial charge in [0, 0.05) is 38.3 Å². The van der Waals surface area contributed by atoms with Crippen molar-refractivity contribution in [3.05, 3.63) is 53.3 Å². The number of ether oxygens (including phenoxy) is 3. The highest BCUT2D eigenvalue weighted by Gasteiger charge is 2.57. The van der Waals surface area contributed by atoms with Gasteiger partial charge in [-0.1, -0.05) is 12.1 Å². The molecule has 1 spiro atoms. The number of hydrogen-bond acceptors (Lipinski definition) is 8. The van der Waals surface area contributed by atoms with E-state index in [1.54, 1.807) is 26.8 Å². The lowest BCUT2D eigenvalue weighted by Crippen LogP contribution is -2.71. The Kier molecular flexibility index (Phi) is 7.80. The Morgan fingerprint density at radius 3 is 2.46 bits per heavy atom. The van der Waals surface area contributed by atoms with Gasteiger partial charge in [0.2, 0.25) is 0 Å². The third kappa shape index (κ3) is 6.15. The molecule has 2 N–H and O–H groups in total. The van der Waals surface area contributed by atoms with Crippen molar-refractivity contribution in [1.29, 1.82) is 0 Å². The summed E-state index contributed by atoms with van der Waals surface area (Å²) >= 11 is 0. The van der Waals surface area contributed by atoms with Crippen LogP contribution < -0.4 is 18.9 Å². The minimum atomic E-state index is -4.00. The molecule has 2 aliphatic heterocycles. The van der Waals surface area contributed by atoms with Crippen LogP contribution in [-0.4, -0.2) is 81.2 Å². The number of carbonyl (C=O) groups is 3. The van der Waals surface area contributed by atoms with Gasteiger partial charge < -0.3 is 24.0 Å². The van der Waals surface area contributed by atoms with Crippen molar-refractivity contribution in [1.82, 2.24) is 19.4 Å². The molecule has 3 amide bonds. The highest BCUT2D eigenvalue weighted by molar-refractivity contribution is 7.90. The topological polar surface area (TPSA) is 147 Å². The van der Waals surface area contributed by atoms with Gasteiger partial charge in [0.1, 0.15) is 22.6 Å². The van der Waals surface area contributed by atoms with Crippen molar-refractivity contribution in [2.24, 2.45) is 0 Å². The molecule has 4 rings (SSSR count). The molecule has 0 unspecified atom stereocenters. The van der Waals surface area contributed by atoms with Crippen LogP contribution in [0.3, 0.4) is 0 Å². The number of benzene rings is 2. The van der Waals surface area contributed by atoms with Gasteiger partial charge >= 0.3 is 18.3 Å². The number of hydrogen-bond donors (Lipinski definition) is 2. The molecule has 41 heavy (non-hydrogen) atoms. The predicted octanol–water partition coefficient (Wildman–Crippen LogP) is 3.22. The standard InChI is InChI=1S/C26H32FN5O8S/c1-25(2,3)40-23(34)31-14-26(15-31)18-11-10-17(38-22(33)30(5)6)12-20(18)39-24(35)32(26)13-16-8-7-9-19(21(16)27)29-41(36,37)28-4/h7-12,28-29H,13-15H2,1-6H3. The van der Waals surface area contributed by atoms with Crippen LogP contribution in [0.2, 0.25) is 0 Å². The zero-order valence-corrected chi connectivity index (χ0v) is 24.3. The van der Waals surface area contributed by atoms with E-state index in [0.717, 1.165) is 0 Å². The van der Waals surface area contributed by atoms with Crippen molar-refractivity contribution in [2.45, 2.75) is 38.5 Å².